The van der Waals surface area contributed by atoms with Gasteiger partial charge in [-0.05, 0) is 30.9 Å². The van der Waals surface area contributed by atoms with Crippen LogP contribution in [0.3, 0.4) is 0 Å². The van der Waals surface area contributed by atoms with Gasteiger partial charge in [0.2, 0.25) is 0 Å². The molecule has 5 heteroatoms. The van der Waals surface area contributed by atoms with Crippen LogP contribution in [0.2, 0.25) is 0 Å². The van der Waals surface area contributed by atoms with Gasteiger partial charge < -0.3 is 5.32 Å². The monoisotopic (exact) mass is 275 g/mol. The number of nitriles is 1. The van der Waals surface area contributed by atoms with Crippen LogP contribution < -0.4 is 5.32 Å². The van der Waals surface area contributed by atoms with Crippen molar-refractivity contribution in [3.8, 4) is 6.07 Å². The molecule has 0 amide bonds. The molecule has 1 atom stereocenters. The topological polar surface area (TPSA) is 79.0 Å². The Morgan fingerprint density at radius 2 is 2.15 bits per heavy atom. The van der Waals surface area contributed by atoms with Crippen molar-refractivity contribution in [3.05, 3.63) is 39.4 Å². The van der Waals surface area contributed by atoms with Crippen molar-refractivity contribution in [1.29, 1.82) is 5.26 Å². The lowest BCUT2D eigenvalue weighted by Crippen LogP contribution is -2.36. The number of nitro benzene ring substituents is 1. The third-order valence-corrected chi connectivity index (χ3v) is 3.33. The van der Waals surface area contributed by atoms with Crippen LogP contribution in [0.4, 0.5) is 5.69 Å². The molecule has 1 rings (SSSR count). The van der Waals surface area contributed by atoms with E-state index in [9.17, 15) is 10.1 Å². The lowest BCUT2D eigenvalue weighted by molar-refractivity contribution is -0.384. The second kappa shape index (κ2) is 7.61. The number of hydrogen-bond donors (Lipinski definition) is 1. The van der Waals surface area contributed by atoms with Crippen molar-refractivity contribution < 1.29 is 4.92 Å². The summed E-state index contributed by atoms with van der Waals surface area (Å²) in [6.07, 6.45) is 1.76. The lowest BCUT2D eigenvalue weighted by atomic mass is 9.93. The predicted molar refractivity (Wildman–Crippen MR) is 78.4 cm³/mol. The summed E-state index contributed by atoms with van der Waals surface area (Å²) in [5.41, 5.74) is 1.22. The Kier molecular flexibility index (Phi) is 6.13. The minimum atomic E-state index is -0.472. The lowest BCUT2D eigenvalue weighted by Gasteiger charge is -2.22. The average molecular weight is 275 g/mol. The largest absolute Gasteiger partial charge is 0.313 e. The maximum atomic E-state index is 10.7. The highest BCUT2D eigenvalue weighted by Gasteiger charge is 2.17. The van der Waals surface area contributed by atoms with Gasteiger partial charge in [0, 0.05) is 18.2 Å². The van der Waals surface area contributed by atoms with Crippen molar-refractivity contribution >= 4 is 5.69 Å². The van der Waals surface area contributed by atoms with Gasteiger partial charge >= 0.3 is 0 Å². The van der Waals surface area contributed by atoms with Gasteiger partial charge in [0.15, 0.2) is 0 Å². The summed E-state index contributed by atoms with van der Waals surface area (Å²) in [6.45, 7) is 7.30. The minimum absolute atomic E-state index is 0.0343. The van der Waals surface area contributed by atoms with Crippen LogP contribution in [0.5, 0.6) is 0 Å². The molecule has 0 saturated carbocycles. The molecule has 0 aliphatic heterocycles. The van der Waals surface area contributed by atoms with Gasteiger partial charge in [0.25, 0.3) is 5.69 Å². The molecule has 1 unspecified atom stereocenters. The second-order valence-corrected chi connectivity index (χ2v) is 5.22. The molecular weight excluding hydrogens is 254 g/mol. The fraction of sp³-hybridized carbons (Fsp3) is 0.533. The van der Waals surface area contributed by atoms with Crippen molar-refractivity contribution in [2.24, 2.45) is 5.92 Å². The zero-order chi connectivity index (χ0) is 15.1. The molecule has 0 spiro atoms. The quantitative estimate of drug-likeness (QED) is 0.612. The standard InChI is InChI=1S/C15H21N3O2/c1-4-7-17-15(11(2)3)9-12-5-6-14(18(19)20)8-13(12)10-16/h5-6,8,11,15,17H,4,7,9H2,1-3H3. The predicted octanol–water partition coefficient (Wildman–Crippen LogP) is 3.03. The fourth-order valence-electron chi connectivity index (χ4n) is 2.07. The molecule has 20 heavy (non-hydrogen) atoms. The molecule has 1 aromatic rings. The number of rotatable bonds is 7. The van der Waals surface area contributed by atoms with E-state index < -0.39 is 4.92 Å². The van der Waals surface area contributed by atoms with Crippen molar-refractivity contribution in [2.75, 3.05) is 6.54 Å². The number of hydrogen-bond acceptors (Lipinski definition) is 4. The highest BCUT2D eigenvalue weighted by atomic mass is 16.6. The fourth-order valence-corrected chi connectivity index (χ4v) is 2.07. The third kappa shape index (κ3) is 4.32. The normalized spacial score (nSPS) is 12.2. The summed E-state index contributed by atoms with van der Waals surface area (Å²) in [7, 11) is 0. The molecule has 1 N–H and O–H groups in total. The summed E-state index contributed by atoms with van der Waals surface area (Å²) in [5, 5.41) is 23.4. The van der Waals surface area contributed by atoms with Crippen LogP contribution in [-0.4, -0.2) is 17.5 Å². The Morgan fingerprint density at radius 3 is 2.65 bits per heavy atom. The van der Waals surface area contributed by atoms with E-state index >= 15 is 0 Å². The van der Waals surface area contributed by atoms with Gasteiger partial charge in [-0.1, -0.05) is 26.8 Å². The van der Waals surface area contributed by atoms with E-state index in [0.717, 1.165) is 18.5 Å². The van der Waals surface area contributed by atoms with Gasteiger partial charge in [0.05, 0.1) is 16.6 Å². The van der Waals surface area contributed by atoms with Crippen LogP contribution >= 0.6 is 0 Å². The van der Waals surface area contributed by atoms with Crippen molar-refractivity contribution in [3.63, 3.8) is 0 Å². The Balaban J connectivity index is 2.95. The molecule has 0 saturated heterocycles. The number of nitrogens with zero attached hydrogens (tertiary/aromatic N) is 2. The number of benzene rings is 1. The summed E-state index contributed by atoms with van der Waals surface area (Å²) in [4.78, 5) is 10.3. The zero-order valence-electron chi connectivity index (χ0n) is 12.2. The molecule has 108 valence electrons. The molecule has 0 aliphatic rings. The Labute approximate surface area is 119 Å². The molecule has 5 nitrogen and oxygen atoms in total. The summed E-state index contributed by atoms with van der Waals surface area (Å²) in [6, 6.07) is 6.84. The van der Waals surface area contributed by atoms with E-state index in [1.807, 2.05) is 0 Å². The first kappa shape index (κ1) is 16.1. The first-order valence-electron chi connectivity index (χ1n) is 6.90. The van der Waals surface area contributed by atoms with Crippen molar-refractivity contribution in [2.45, 2.75) is 39.7 Å². The zero-order valence-corrected chi connectivity index (χ0v) is 12.2. The third-order valence-electron chi connectivity index (χ3n) is 3.33. The molecule has 0 radical (unpaired) electrons. The maximum Gasteiger partial charge on any atom is 0.270 e. The average Bonchev–Trinajstić information content (AvgIpc) is 2.42. The number of nitro groups is 1. The highest BCUT2D eigenvalue weighted by molar-refractivity contribution is 5.46. The minimum Gasteiger partial charge on any atom is -0.313 e. The van der Waals surface area contributed by atoms with Crippen LogP contribution in [-0.2, 0) is 6.42 Å². The summed E-state index contributed by atoms with van der Waals surface area (Å²) >= 11 is 0. The Bertz CT molecular complexity index is 506. The van der Waals surface area contributed by atoms with Gasteiger partial charge in [-0.25, -0.2) is 0 Å². The summed E-state index contributed by atoms with van der Waals surface area (Å²) in [5.74, 6) is 0.434. The van der Waals surface area contributed by atoms with Gasteiger partial charge in [0.1, 0.15) is 0 Å². The molecule has 0 bridgehead atoms. The second-order valence-electron chi connectivity index (χ2n) is 5.22. The van der Waals surface area contributed by atoms with E-state index in [-0.39, 0.29) is 11.7 Å². The Morgan fingerprint density at radius 1 is 1.45 bits per heavy atom. The molecular formula is C15H21N3O2. The van der Waals surface area contributed by atoms with Crippen LogP contribution in [0.1, 0.15) is 38.3 Å². The van der Waals surface area contributed by atoms with E-state index in [2.05, 4.69) is 32.2 Å². The number of nitrogens with one attached hydrogen (secondary N) is 1. The van der Waals surface area contributed by atoms with E-state index in [4.69, 9.17) is 5.26 Å². The SMILES string of the molecule is CCCNC(Cc1ccc([N+](=O)[O-])cc1C#N)C(C)C. The number of non-ortho nitro benzene ring substituents is 1. The van der Waals surface area contributed by atoms with Gasteiger partial charge in [-0.2, -0.15) is 5.26 Å². The highest BCUT2D eigenvalue weighted by Crippen LogP contribution is 2.20. The van der Waals surface area contributed by atoms with Crippen LogP contribution in [0, 0.1) is 27.4 Å². The van der Waals surface area contributed by atoms with Crippen LogP contribution in [0.25, 0.3) is 0 Å². The van der Waals surface area contributed by atoms with E-state index in [0.29, 0.717) is 17.9 Å². The molecule has 0 aromatic heterocycles. The van der Waals surface area contributed by atoms with E-state index in [1.54, 1.807) is 6.07 Å². The smallest absolute Gasteiger partial charge is 0.270 e. The molecule has 0 heterocycles. The first-order valence-corrected chi connectivity index (χ1v) is 6.90. The van der Waals surface area contributed by atoms with Crippen molar-refractivity contribution in [1.82, 2.24) is 5.32 Å². The van der Waals surface area contributed by atoms with Gasteiger partial charge in [-0.3, -0.25) is 10.1 Å². The first-order chi connectivity index (χ1) is 9.49. The molecule has 1 aromatic carbocycles. The Hall–Kier alpha value is -1.93. The molecule has 0 aliphatic carbocycles. The maximum absolute atomic E-state index is 10.7. The summed E-state index contributed by atoms with van der Waals surface area (Å²) < 4.78 is 0. The molecule has 0 fully saturated rings. The van der Waals surface area contributed by atoms with Gasteiger partial charge in [-0.15, -0.1) is 0 Å². The van der Waals surface area contributed by atoms with E-state index in [1.165, 1.54) is 12.1 Å². The van der Waals surface area contributed by atoms with Crippen LogP contribution in [0.15, 0.2) is 18.2 Å².